The minimum absolute atomic E-state index is 0.112. The molecule has 3 aromatic rings. The van der Waals surface area contributed by atoms with Gasteiger partial charge in [-0.25, -0.2) is 4.39 Å². The van der Waals surface area contributed by atoms with Crippen molar-refractivity contribution in [2.75, 3.05) is 0 Å². The van der Waals surface area contributed by atoms with E-state index in [1.165, 1.54) is 35.6 Å². The summed E-state index contributed by atoms with van der Waals surface area (Å²) < 4.78 is 23.6. The summed E-state index contributed by atoms with van der Waals surface area (Å²) >= 11 is 1.51. The van der Waals surface area contributed by atoms with Crippen LogP contribution in [0.2, 0.25) is 0 Å². The first kappa shape index (κ1) is 17.1. The Labute approximate surface area is 147 Å². The highest BCUT2D eigenvalue weighted by Gasteiger charge is 2.19. The molecule has 0 radical (unpaired) electrons. The average Bonchev–Trinajstić information content (AvgIpc) is 3.30. The molecule has 0 aliphatic carbocycles. The summed E-state index contributed by atoms with van der Waals surface area (Å²) in [7, 11) is 0. The van der Waals surface area contributed by atoms with Crippen molar-refractivity contribution < 1.29 is 18.4 Å². The highest BCUT2D eigenvalue weighted by Crippen LogP contribution is 2.21. The molecule has 1 amide bonds. The largest absolute Gasteiger partial charge is 0.481 e. The van der Waals surface area contributed by atoms with Crippen LogP contribution < -0.4 is 10.1 Å². The van der Waals surface area contributed by atoms with Gasteiger partial charge in [0.1, 0.15) is 11.6 Å². The molecule has 0 unspecified atom stereocenters. The Balaban J connectivity index is 1.56. The van der Waals surface area contributed by atoms with E-state index < -0.39 is 6.10 Å². The number of thiophene rings is 1. The molecule has 8 heteroatoms. The zero-order valence-corrected chi connectivity index (χ0v) is 14.3. The molecule has 6 nitrogen and oxygen atoms in total. The minimum atomic E-state index is -0.690. The quantitative estimate of drug-likeness (QED) is 0.698. The van der Waals surface area contributed by atoms with Crippen LogP contribution in [0.1, 0.15) is 19.2 Å². The number of carbonyl (C=O) groups is 1. The van der Waals surface area contributed by atoms with E-state index in [0.717, 1.165) is 4.88 Å². The second kappa shape index (κ2) is 7.89. The lowest BCUT2D eigenvalue weighted by atomic mass is 10.2. The number of ether oxygens (including phenoxy) is 1. The fraction of sp³-hybridized carbons (Fsp3) is 0.235. The Morgan fingerprint density at radius 2 is 2.16 bits per heavy atom. The van der Waals surface area contributed by atoms with E-state index in [4.69, 9.17) is 9.26 Å². The van der Waals surface area contributed by atoms with E-state index in [-0.39, 0.29) is 18.3 Å². The lowest BCUT2D eigenvalue weighted by Gasteiger charge is -2.16. The van der Waals surface area contributed by atoms with E-state index in [2.05, 4.69) is 15.5 Å². The first-order valence-corrected chi connectivity index (χ1v) is 8.60. The van der Waals surface area contributed by atoms with Gasteiger partial charge in [0.15, 0.2) is 6.10 Å². The predicted octanol–water partition coefficient (Wildman–Crippen LogP) is 3.41. The highest BCUT2D eigenvalue weighted by atomic mass is 32.1. The second-order valence-corrected chi connectivity index (χ2v) is 6.12. The fourth-order valence-corrected chi connectivity index (χ4v) is 2.76. The maximum atomic E-state index is 12.9. The molecule has 0 fully saturated rings. The molecule has 1 N–H and O–H groups in total. The molecule has 2 aromatic heterocycles. The normalized spacial score (nSPS) is 11.9. The van der Waals surface area contributed by atoms with Crippen LogP contribution in [0, 0.1) is 5.82 Å². The highest BCUT2D eigenvalue weighted by molar-refractivity contribution is 7.13. The molecule has 1 atom stereocenters. The van der Waals surface area contributed by atoms with Gasteiger partial charge >= 0.3 is 0 Å². The summed E-state index contributed by atoms with van der Waals surface area (Å²) in [6.45, 7) is 1.94. The van der Waals surface area contributed by atoms with E-state index in [0.29, 0.717) is 23.9 Å². The van der Waals surface area contributed by atoms with Crippen LogP contribution in [0.25, 0.3) is 10.7 Å². The lowest BCUT2D eigenvalue weighted by molar-refractivity contribution is -0.128. The number of hydrogen-bond donors (Lipinski definition) is 1. The Morgan fingerprint density at radius 3 is 2.84 bits per heavy atom. The summed E-state index contributed by atoms with van der Waals surface area (Å²) in [5, 5.41) is 8.52. The van der Waals surface area contributed by atoms with Crippen LogP contribution in [-0.4, -0.2) is 22.2 Å². The van der Waals surface area contributed by atoms with E-state index >= 15 is 0 Å². The molecule has 0 saturated carbocycles. The second-order valence-electron chi connectivity index (χ2n) is 5.18. The smallest absolute Gasteiger partial charge is 0.261 e. The molecule has 25 heavy (non-hydrogen) atoms. The molecular formula is C17H16FN3O3S. The zero-order chi connectivity index (χ0) is 17.6. The van der Waals surface area contributed by atoms with Gasteiger partial charge in [0.05, 0.1) is 11.4 Å². The van der Waals surface area contributed by atoms with Gasteiger partial charge in [0.2, 0.25) is 11.7 Å². The monoisotopic (exact) mass is 361 g/mol. The lowest BCUT2D eigenvalue weighted by Crippen LogP contribution is -2.37. The molecular weight excluding hydrogens is 345 g/mol. The molecule has 0 spiro atoms. The number of amides is 1. The Hall–Kier alpha value is -2.74. The van der Waals surface area contributed by atoms with Crippen LogP contribution in [0.3, 0.4) is 0 Å². The Kier molecular flexibility index (Phi) is 5.39. The van der Waals surface area contributed by atoms with Crippen LogP contribution in [0.5, 0.6) is 5.75 Å². The third kappa shape index (κ3) is 4.42. The maximum absolute atomic E-state index is 12.9. The first-order chi connectivity index (χ1) is 12.2. The molecule has 0 bridgehead atoms. The van der Waals surface area contributed by atoms with Gasteiger partial charge in [0, 0.05) is 0 Å². The van der Waals surface area contributed by atoms with Crippen LogP contribution in [-0.2, 0) is 11.3 Å². The fourth-order valence-electron chi connectivity index (χ4n) is 2.11. The van der Waals surface area contributed by atoms with Crippen molar-refractivity contribution in [1.29, 1.82) is 0 Å². The van der Waals surface area contributed by atoms with Crippen LogP contribution >= 0.6 is 11.3 Å². The number of halogens is 1. The molecule has 130 valence electrons. The van der Waals surface area contributed by atoms with Crippen molar-refractivity contribution in [2.24, 2.45) is 0 Å². The van der Waals surface area contributed by atoms with Gasteiger partial charge in [-0.2, -0.15) is 4.98 Å². The van der Waals surface area contributed by atoms with E-state index in [1.807, 2.05) is 24.4 Å². The van der Waals surface area contributed by atoms with Crippen molar-refractivity contribution >= 4 is 17.2 Å². The molecule has 3 rings (SSSR count). The van der Waals surface area contributed by atoms with E-state index in [1.54, 1.807) is 0 Å². The minimum Gasteiger partial charge on any atom is -0.481 e. The summed E-state index contributed by atoms with van der Waals surface area (Å²) in [4.78, 5) is 17.4. The van der Waals surface area contributed by atoms with Gasteiger partial charge in [-0.05, 0) is 42.1 Å². The number of aromatic nitrogens is 2. The molecule has 2 heterocycles. The topological polar surface area (TPSA) is 77.2 Å². The molecule has 0 aliphatic heterocycles. The average molecular weight is 361 g/mol. The number of benzene rings is 1. The zero-order valence-electron chi connectivity index (χ0n) is 13.4. The standard InChI is InChI=1S/C17H16FN3O3S/c1-2-13(23-12-7-5-11(18)6-8-12)17(22)19-10-15-20-16(21-24-15)14-4-3-9-25-14/h3-9,13H,2,10H2,1H3,(H,19,22)/t13-/m1/s1. The van der Waals surface area contributed by atoms with Crippen LogP contribution in [0.15, 0.2) is 46.3 Å². The summed E-state index contributed by atoms with van der Waals surface area (Å²) in [5.74, 6) is 0.578. The summed E-state index contributed by atoms with van der Waals surface area (Å²) in [6.07, 6.45) is -0.224. The van der Waals surface area contributed by atoms with Crippen LogP contribution in [0.4, 0.5) is 4.39 Å². The Bertz CT molecular complexity index is 818. The van der Waals surface area contributed by atoms with Crippen molar-refractivity contribution in [3.63, 3.8) is 0 Å². The number of nitrogens with one attached hydrogen (secondary N) is 1. The van der Waals surface area contributed by atoms with Gasteiger partial charge in [-0.3, -0.25) is 4.79 Å². The predicted molar refractivity (Wildman–Crippen MR) is 90.6 cm³/mol. The number of hydrogen-bond acceptors (Lipinski definition) is 6. The number of carbonyl (C=O) groups excluding carboxylic acids is 1. The Morgan fingerprint density at radius 1 is 1.36 bits per heavy atom. The van der Waals surface area contributed by atoms with Crippen molar-refractivity contribution in [2.45, 2.75) is 26.0 Å². The van der Waals surface area contributed by atoms with Gasteiger partial charge in [0.25, 0.3) is 5.91 Å². The van der Waals surface area contributed by atoms with Gasteiger partial charge in [-0.15, -0.1) is 11.3 Å². The van der Waals surface area contributed by atoms with Gasteiger partial charge in [-0.1, -0.05) is 18.1 Å². The summed E-state index contributed by atoms with van der Waals surface area (Å²) in [5.41, 5.74) is 0. The number of rotatable bonds is 7. The SMILES string of the molecule is CC[C@@H](Oc1ccc(F)cc1)C(=O)NCc1nc(-c2cccs2)no1. The van der Waals surface area contributed by atoms with Crippen molar-refractivity contribution in [3.05, 3.63) is 53.5 Å². The maximum Gasteiger partial charge on any atom is 0.261 e. The van der Waals surface area contributed by atoms with Crippen molar-refractivity contribution in [3.8, 4) is 16.5 Å². The first-order valence-electron chi connectivity index (χ1n) is 7.72. The molecule has 0 saturated heterocycles. The molecule has 1 aromatic carbocycles. The number of nitrogens with zero attached hydrogens (tertiary/aromatic N) is 2. The van der Waals surface area contributed by atoms with Crippen molar-refractivity contribution in [1.82, 2.24) is 15.5 Å². The van der Waals surface area contributed by atoms with E-state index in [9.17, 15) is 9.18 Å². The summed E-state index contributed by atoms with van der Waals surface area (Å²) in [6, 6.07) is 9.32. The molecule has 0 aliphatic rings. The third-order valence-electron chi connectivity index (χ3n) is 3.38. The third-order valence-corrected chi connectivity index (χ3v) is 4.24. The van der Waals surface area contributed by atoms with Gasteiger partial charge < -0.3 is 14.6 Å².